The van der Waals surface area contributed by atoms with Crippen molar-refractivity contribution in [2.45, 2.75) is 38.1 Å². The van der Waals surface area contributed by atoms with Crippen LogP contribution in [0.3, 0.4) is 0 Å². The maximum Gasteiger partial charge on any atom is 0.251 e. The Kier molecular flexibility index (Phi) is 6.02. The number of carbonyl (C=O) groups is 2. The van der Waals surface area contributed by atoms with E-state index in [9.17, 15) is 9.59 Å². The molecule has 1 atom stereocenters. The first-order valence-electron chi connectivity index (χ1n) is 6.30. The SMILES string of the molecule is CCC(Br)C(=O)Nc1cccc(C(=O)NC(C)C)c1. The van der Waals surface area contributed by atoms with Gasteiger partial charge in [0.1, 0.15) is 0 Å². The number of hydrogen-bond donors (Lipinski definition) is 2. The molecule has 0 aromatic heterocycles. The summed E-state index contributed by atoms with van der Waals surface area (Å²) in [6.45, 7) is 5.73. The molecule has 0 spiro atoms. The number of amides is 2. The van der Waals surface area contributed by atoms with Crippen molar-refractivity contribution in [2.75, 3.05) is 5.32 Å². The number of benzene rings is 1. The highest BCUT2D eigenvalue weighted by atomic mass is 79.9. The molecule has 2 N–H and O–H groups in total. The van der Waals surface area contributed by atoms with Gasteiger partial charge in [-0.25, -0.2) is 0 Å². The molecule has 0 aliphatic carbocycles. The third-order valence-corrected chi connectivity index (χ3v) is 3.52. The molecular weight excluding hydrogens is 308 g/mol. The van der Waals surface area contributed by atoms with E-state index < -0.39 is 0 Å². The van der Waals surface area contributed by atoms with E-state index in [-0.39, 0.29) is 22.7 Å². The first-order chi connectivity index (χ1) is 8.93. The van der Waals surface area contributed by atoms with Crippen LogP contribution in [0.15, 0.2) is 24.3 Å². The molecule has 1 rings (SSSR count). The summed E-state index contributed by atoms with van der Waals surface area (Å²) >= 11 is 3.29. The van der Waals surface area contributed by atoms with Crippen LogP contribution in [-0.4, -0.2) is 22.7 Å². The number of hydrogen-bond acceptors (Lipinski definition) is 2. The Balaban J connectivity index is 2.77. The van der Waals surface area contributed by atoms with Gasteiger partial charge in [-0.3, -0.25) is 9.59 Å². The second-order valence-corrected chi connectivity index (χ2v) is 5.68. The van der Waals surface area contributed by atoms with Gasteiger partial charge in [0.25, 0.3) is 5.91 Å². The van der Waals surface area contributed by atoms with Gasteiger partial charge in [0, 0.05) is 17.3 Å². The molecule has 0 fully saturated rings. The lowest BCUT2D eigenvalue weighted by atomic mass is 10.1. The van der Waals surface area contributed by atoms with Crippen molar-refractivity contribution in [1.82, 2.24) is 5.32 Å². The van der Waals surface area contributed by atoms with Crippen LogP contribution in [0.5, 0.6) is 0 Å². The first kappa shape index (κ1) is 15.7. The zero-order chi connectivity index (χ0) is 14.4. The molecule has 0 aliphatic rings. The normalized spacial score (nSPS) is 12.1. The minimum atomic E-state index is -0.222. The maximum absolute atomic E-state index is 11.9. The molecule has 1 unspecified atom stereocenters. The zero-order valence-corrected chi connectivity index (χ0v) is 13.0. The van der Waals surface area contributed by atoms with E-state index in [2.05, 4.69) is 26.6 Å². The molecule has 1 aromatic rings. The fraction of sp³-hybridized carbons (Fsp3) is 0.429. The summed E-state index contributed by atoms with van der Waals surface area (Å²) in [5.74, 6) is -0.249. The van der Waals surface area contributed by atoms with Crippen molar-refractivity contribution in [1.29, 1.82) is 0 Å². The predicted octanol–water partition coefficient (Wildman–Crippen LogP) is 2.94. The Morgan fingerprint density at radius 1 is 1.32 bits per heavy atom. The summed E-state index contributed by atoms with van der Waals surface area (Å²) in [5.41, 5.74) is 1.16. The van der Waals surface area contributed by atoms with E-state index in [4.69, 9.17) is 0 Å². The predicted molar refractivity (Wildman–Crippen MR) is 80.7 cm³/mol. The topological polar surface area (TPSA) is 58.2 Å². The fourth-order valence-electron chi connectivity index (χ4n) is 1.49. The van der Waals surface area contributed by atoms with Crippen molar-refractivity contribution >= 4 is 33.4 Å². The zero-order valence-electron chi connectivity index (χ0n) is 11.4. The highest BCUT2D eigenvalue weighted by molar-refractivity contribution is 9.10. The molecule has 5 heteroatoms. The molecule has 104 valence electrons. The smallest absolute Gasteiger partial charge is 0.251 e. The Hall–Kier alpha value is -1.36. The van der Waals surface area contributed by atoms with Gasteiger partial charge in [-0.1, -0.05) is 28.9 Å². The van der Waals surface area contributed by atoms with Crippen molar-refractivity contribution in [3.05, 3.63) is 29.8 Å². The van der Waals surface area contributed by atoms with Gasteiger partial charge in [-0.2, -0.15) is 0 Å². The van der Waals surface area contributed by atoms with Crippen LogP contribution in [0, 0.1) is 0 Å². The Labute approximate surface area is 122 Å². The van der Waals surface area contributed by atoms with Crippen molar-refractivity contribution in [3.63, 3.8) is 0 Å². The molecule has 19 heavy (non-hydrogen) atoms. The lowest BCUT2D eigenvalue weighted by molar-refractivity contribution is -0.115. The van der Waals surface area contributed by atoms with Crippen LogP contribution >= 0.6 is 15.9 Å². The van der Waals surface area contributed by atoms with E-state index in [1.165, 1.54) is 0 Å². The standard InChI is InChI=1S/C14H19BrN2O2/c1-4-12(15)14(19)17-11-7-5-6-10(8-11)13(18)16-9(2)3/h5-9,12H,4H2,1-3H3,(H,16,18)(H,17,19). The van der Waals surface area contributed by atoms with Gasteiger partial charge in [-0.15, -0.1) is 0 Å². The lowest BCUT2D eigenvalue weighted by Gasteiger charge is -2.11. The van der Waals surface area contributed by atoms with Crippen molar-refractivity contribution in [2.24, 2.45) is 0 Å². The third-order valence-electron chi connectivity index (χ3n) is 2.45. The Morgan fingerprint density at radius 2 is 2.00 bits per heavy atom. The minimum absolute atomic E-state index is 0.0813. The highest BCUT2D eigenvalue weighted by Crippen LogP contribution is 2.13. The molecule has 0 heterocycles. The number of anilines is 1. The van der Waals surface area contributed by atoms with Gasteiger partial charge < -0.3 is 10.6 Å². The molecule has 2 amide bonds. The summed E-state index contributed by atoms with van der Waals surface area (Å²) in [7, 11) is 0. The molecule has 0 radical (unpaired) electrons. The molecule has 0 aliphatic heterocycles. The van der Waals surface area contributed by atoms with E-state index in [0.29, 0.717) is 17.7 Å². The van der Waals surface area contributed by atoms with Gasteiger partial charge in [0.2, 0.25) is 5.91 Å². The quantitative estimate of drug-likeness (QED) is 0.817. The molecule has 0 saturated heterocycles. The first-order valence-corrected chi connectivity index (χ1v) is 7.21. The van der Waals surface area contributed by atoms with Crippen LogP contribution in [-0.2, 0) is 4.79 Å². The monoisotopic (exact) mass is 326 g/mol. The number of nitrogens with one attached hydrogen (secondary N) is 2. The van der Waals surface area contributed by atoms with E-state index in [1.54, 1.807) is 24.3 Å². The molecule has 0 bridgehead atoms. The summed E-state index contributed by atoms with van der Waals surface area (Å²) in [6.07, 6.45) is 0.708. The van der Waals surface area contributed by atoms with Gasteiger partial charge >= 0.3 is 0 Å². The Bertz CT molecular complexity index is 461. The fourth-order valence-corrected chi connectivity index (χ4v) is 1.60. The second kappa shape index (κ2) is 7.28. The third kappa shape index (κ3) is 5.03. The molecule has 0 saturated carbocycles. The summed E-state index contributed by atoms with van der Waals surface area (Å²) < 4.78 is 0. The van der Waals surface area contributed by atoms with Crippen LogP contribution in [0.1, 0.15) is 37.6 Å². The number of rotatable bonds is 5. The van der Waals surface area contributed by atoms with E-state index in [1.807, 2.05) is 20.8 Å². The highest BCUT2D eigenvalue weighted by Gasteiger charge is 2.13. The van der Waals surface area contributed by atoms with Crippen molar-refractivity contribution < 1.29 is 9.59 Å². The average Bonchev–Trinajstić information content (AvgIpc) is 2.37. The van der Waals surface area contributed by atoms with Crippen LogP contribution in [0.25, 0.3) is 0 Å². The maximum atomic E-state index is 11.9. The molecule has 4 nitrogen and oxygen atoms in total. The average molecular weight is 327 g/mol. The summed E-state index contributed by atoms with van der Waals surface area (Å²) in [5, 5.41) is 5.59. The lowest BCUT2D eigenvalue weighted by Crippen LogP contribution is -2.30. The number of alkyl halides is 1. The van der Waals surface area contributed by atoms with Gasteiger partial charge in [-0.05, 0) is 38.5 Å². The van der Waals surface area contributed by atoms with Gasteiger partial charge in [0.05, 0.1) is 4.83 Å². The van der Waals surface area contributed by atoms with E-state index >= 15 is 0 Å². The summed E-state index contributed by atoms with van der Waals surface area (Å²) in [4.78, 5) is 23.4. The van der Waals surface area contributed by atoms with Gasteiger partial charge in [0.15, 0.2) is 0 Å². The molecule has 1 aromatic carbocycles. The van der Waals surface area contributed by atoms with Crippen LogP contribution < -0.4 is 10.6 Å². The van der Waals surface area contributed by atoms with Crippen molar-refractivity contribution in [3.8, 4) is 0 Å². The summed E-state index contributed by atoms with van der Waals surface area (Å²) in [6, 6.07) is 6.99. The second-order valence-electron chi connectivity index (χ2n) is 4.57. The number of halogens is 1. The minimum Gasteiger partial charge on any atom is -0.350 e. The van der Waals surface area contributed by atoms with Crippen LogP contribution in [0.2, 0.25) is 0 Å². The number of carbonyl (C=O) groups excluding carboxylic acids is 2. The van der Waals surface area contributed by atoms with E-state index in [0.717, 1.165) is 0 Å². The molecular formula is C14H19BrN2O2. The Morgan fingerprint density at radius 3 is 2.58 bits per heavy atom. The van der Waals surface area contributed by atoms with Crippen LogP contribution in [0.4, 0.5) is 5.69 Å². The largest absolute Gasteiger partial charge is 0.350 e.